The summed E-state index contributed by atoms with van der Waals surface area (Å²) in [6.07, 6.45) is 1.58. The van der Waals surface area contributed by atoms with Gasteiger partial charge in [0.25, 0.3) is 5.91 Å². The van der Waals surface area contributed by atoms with E-state index in [-0.39, 0.29) is 29.9 Å². The minimum Gasteiger partial charge on any atom is -0.338 e. The quantitative estimate of drug-likeness (QED) is 0.835. The molecule has 0 aliphatic carbocycles. The molecule has 0 unspecified atom stereocenters. The summed E-state index contributed by atoms with van der Waals surface area (Å²) in [7, 11) is 0. The highest BCUT2D eigenvalue weighted by Crippen LogP contribution is 2.14. The van der Waals surface area contributed by atoms with Gasteiger partial charge in [-0.15, -0.1) is 12.4 Å². The number of likely N-dealkylation sites (tertiary alicyclic amines) is 1. The van der Waals surface area contributed by atoms with Gasteiger partial charge in [-0.1, -0.05) is 12.1 Å². The van der Waals surface area contributed by atoms with Gasteiger partial charge in [0, 0.05) is 19.1 Å². The first kappa shape index (κ1) is 13.9. The average molecular weight is 259 g/mol. The molecule has 17 heavy (non-hydrogen) atoms. The van der Waals surface area contributed by atoms with Crippen molar-refractivity contribution < 1.29 is 9.18 Å². The lowest BCUT2D eigenvalue weighted by molar-refractivity contribution is 0.0710. The summed E-state index contributed by atoms with van der Waals surface area (Å²) in [4.78, 5) is 13.6. The second kappa shape index (κ2) is 5.98. The Morgan fingerprint density at radius 3 is 2.47 bits per heavy atom. The number of amides is 1. The fourth-order valence-corrected chi connectivity index (χ4v) is 1.91. The van der Waals surface area contributed by atoms with E-state index in [9.17, 15) is 9.18 Å². The number of benzene rings is 1. The van der Waals surface area contributed by atoms with Gasteiger partial charge in [0.05, 0.1) is 5.56 Å². The Balaban J connectivity index is 0.00000144. The molecule has 3 nitrogen and oxygen atoms in total. The maximum absolute atomic E-state index is 13.4. The number of hydrogen-bond donors (Lipinski definition) is 1. The predicted molar refractivity (Wildman–Crippen MR) is 66.8 cm³/mol. The molecule has 0 atom stereocenters. The Bertz CT molecular complexity index is 392. The zero-order valence-electron chi connectivity index (χ0n) is 9.43. The zero-order chi connectivity index (χ0) is 11.5. The topological polar surface area (TPSA) is 46.3 Å². The molecule has 0 radical (unpaired) electrons. The molecule has 1 amide bonds. The summed E-state index contributed by atoms with van der Waals surface area (Å²) in [5, 5.41) is 0. The van der Waals surface area contributed by atoms with Gasteiger partial charge in [-0.3, -0.25) is 4.79 Å². The molecule has 1 aromatic rings. The van der Waals surface area contributed by atoms with Crippen LogP contribution in [0.1, 0.15) is 23.2 Å². The van der Waals surface area contributed by atoms with Crippen LogP contribution in [0.25, 0.3) is 0 Å². The number of piperidine rings is 1. The molecule has 1 aromatic carbocycles. The zero-order valence-corrected chi connectivity index (χ0v) is 10.3. The van der Waals surface area contributed by atoms with Gasteiger partial charge in [-0.2, -0.15) is 0 Å². The van der Waals surface area contributed by atoms with E-state index in [2.05, 4.69) is 0 Å². The number of carbonyl (C=O) groups is 1. The van der Waals surface area contributed by atoms with E-state index in [0.717, 1.165) is 12.8 Å². The summed E-state index contributed by atoms with van der Waals surface area (Å²) in [5.74, 6) is -0.688. The Morgan fingerprint density at radius 1 is 1.29 bits per heavy atom. The highest BCUT2D eigenvalue weighted by Gasteiger charge is 2.23. The highest BCUT2D eigenvalue weighted by atomic mass is 35.5. The largest absolute Gasteiger partial charge is 0.338 e. The minimum atomic E-state index is -0.456. The van der Waals surface area contributed by atoms with Gasteiger partial charge in [-0.25, -0.2) is 4.39 Å². The molecular weight excluding hydrogens is 243 g/mol. The van der Waals surface area contributed by atoms with Crippen LogP contribution in [0.3, 0.4) is 0 Å². The summed E-state index contributed by atoms with van der Waals surface area (Å²) >= 11 is 0. The van der Waals surface area contributed by atoms with E-state index in [1.54, 1.807) is 17.0 Å². The fourth-order valence-electron chi connectivity index (χ4n) is 1.91. The van der Waals surface area contributed by atoms with Crippen molar-refractivity contribution in [2.75, 3.05) is 13.1 Å². The van der Waals surface area contributed by atoms with E-state index in [1.807, 2.05) is 0 Å². The fraction of sp³-hybridized carbons (Fsp3) is 0.417. The van der Waals surface area contributed by atoms with Crippen molar-refractivity contribution in [2.45, 2.75) is 18.9 Å². The minimum absolute atomic E-state index is 0. The Kier molecular flexibility index (Phi) is 4.90. The molecule has 0 saturated carbocycles. The second-order valence-electron chi connectivity index (χ2n) is 4.11. The molecule has 1 fully saturated rings. The standard InChI is InChI=1S/C12H15FN2O.ClH/c13-11-4-2-1-3-10(11)12(16)15-7-5-9(14)6-8-15;/h1-4,9H,5-8,14H2;1H. The molecule has 2 N–H and O–H groups in total. The molecule has 94 valence electrons. The molecule has 0 aromatic heterocycles. The first-order valence-electron chi connectivity index (χ1n) is 5.48. The smallest absolute Gasteiger partial charge is 0.256 e. The van der Waals surface area contributed by atoms with Crippen LogP contribution in [0.2, 0.25) is 0 Å². The lowest BCUT2D eigenvalue weighted by atomic mass is 10.0. The number of nitrogens with zero attached hydrogens (tertiary/aromatic N) is 1. The lowest BCUT2D eigenvalue weighted by Crippen LogP contribution is -2.43. The van der Waals surface area contributed by atoms with Gasteiger partial charge in [0.2, 0.25) is 0 Å². The molecule has 1 aliphatic rings. The van der Waals surface area contributed by atoms with E-state index in [1.165, 1.54) is 12.1 Å². The van der Waals surface area contributed by atoms with Crippen LogP contribution < -0.4 is 5.73 Å². The monoisotopic (exact) mass is 258 g/mol. The van der Waals surface area contributed by atoms with Gasteiger partial charge < -0.3 is 10.6 Å². The molecule has 2 rings (SSSR count). The molecule has 5 heteroatoms. The van der Waals surface area contributed by atoms with Gasteiger partial charge in [0.15, 0.2) is 0 Å². The number of rotatable bonds is 1. The van der Waals surface area contributed by atoms with Crippen molar-refractivity contribution in [3.63, 3.8) is 0 Å². The Hall–Kier alpha value is -1.13. The predicted octanol–water partition coefficient (Wildman–Crippen LogP) is 1.81. The van der Waals surface area contributed by atoms with Crippen molar-refractivity contribution in [2.24, 2.45) is 5.73 Å². The second-order valence-corrected chi connectivity index (χ2v) is 4.11. The van der Waals surface area contributed by atoms with Crippen molar-refractivity contribution in [3.05, 3.63) is 35.6 Å². The number of nitrogens with two attached hydrogens (primary N) is 1. The molecule has 1 aliphatic heterocycles. The van der Waals surface area contributed by atoms with Crippen LogP contribution in [0.4, 0.5) is 4.39 Å². The third-order valence-corrected chi connectivity index (χ3v) is 2.93. The van der Waals surface area contributed by atoms with E-state index in [0.29, 0.717) is 13.1 Å². The number of hydrogen-bond acceptors (Lipinski definition) is 2. The summed E-state index contributed by atoms with van der Waals surface area (Å²) < 4.78 is 13.4. The summed E-state index contributed by atoms with van der Waals surface area (Å²) in [6, 6.07) is 6.25. The first-order chi connectivity index (χ1) is 7.68. The molecule has 1 heterocycles. The molecule has 1 saturated heterocycles. The molecular formula is C12H16ClFN2O. The maximum atomic E-state index is 13.4. The number of halogens is 2. The first-order valence-corrected chi connectivity index (χ1v) is 5.48. The van der Waals surface area contributed by atoms with Crippen LogP contribution >= 0.6 is 12.4 Å². The van der Waals surface area contributed by atoms with Crippen molar-refractivity contribution >= 4 is 18.3 Å². The van der Waals surface area contributed by atoms with Crippen LogP contribution in [0, 0.1) is 5.82 Å². The maximum Gasteiger partial charge on any atom is 0.256 e. The SMILES string of the molecule is Cl.NC1CCN(C(=O)c2ccccc2F)CC1. The average Bonchev–Trinajstić information content (AvgIpc) is 2.30. The van der Waals surface area contributed by atoms with Crippen LogP contribution in [0.15, 0.2) is 24.3 Å². The van der Waals surface area contributed by atoms with Gasteiger partial charge in [0.1, 0.15) is 5.82 Å². The third-order valence-electron chi connectivity index (χ3n) is 2.93. The Morgan fingerprint density at radius 2 is 1.88 bits per heavy atom. The molecule has 0 spiro atoms. The van der Waals surface area contributed by atoms with Gasteiger partial charge >= 0.3 is 0 Å². The van der Waals surface area contributed by atoms with Crippen LogP contribution in [-0.2, 0) is 0 Å². The molecule has 0 bridgehead atoms. The van der Waals surface area contributed by atoms with Crippen LogP contribution in [0.5, 0.6) is 0 Å². The van der Waals surface area contributed by atoms with Crippen molar-refractivity contribution in [1.29, 1.82) is 0 Å². The Labute approximate surface area is 106 Å². The number of carbonyl (C=O) groups excluding carboxylic acids is 1. The van der Waals surface area contributed by atoms with Gasteiger partial charge in [-0.05, 0) is 25.0 Å². The van der Waals surface area contributed by atoms with E-state index >= 15 is 0 Å². The van der Waals surface area contributed by atoms with E-state index < -0.39 is 5.82 Å². The third kappa shape index (κ3) is 3.17. The highest BCUT2D eigenvalue weighted by molar-refractivity contribution is 5.94. The van der Waals surface area contributed by atoms with E-state index in [4.69, 9.17) is 5.73 Å². The van der Waals surface area contributed by atoms with Crippen molar-refractivity contribution in [1.82, 2.24) is 4.90 Å². The lowest BCUT2D eigenvalue weighted by Gasteiger charge is -2.30. The van der Waals surface area contributed by atoms with Crippen LogP contribution in [-0.4, -0.2) is 29.9 Å². The normalized spacial score (nSPS) is 16.5. The van der Waals surface area contributed by atoms with Crippen molar-refractivity contribution in [3.8, 4) is 0 Å². The summed E-state index contributed by atoms with van der Waals surface area (Å²) in [5.41, 5.74) is 5.90. The summed E-state index contributed by atoms with van der Waals surface area (Å²) in [6.45, 7) is 1.24.